The van der Waals surface area contributed by atoms with Crippen molar-refractivity contribution < 1.29 is 9.90 Å². The Morgan fingerprint density at radius 2 is 1.30 bits per heavy atom. The lowest BCUT2D eigenvalue weighted by atomic mass is 9.95. The van der Waals surface area contributed by atoms with Gasteiger partial charge >= 0.3 is 5.97 Å². The highest BCUT2D eigenvalue weighted by Gasteiger charge is 2.35. The highest BCUT2D eigenvalue weighted by molar-refractivity contribution is 5.90. The first-order valence-electron chi connectivity index (χ1n) is 11.5. The largest absolute Gasteiger partial charge is 0.480 e. The summed E-state index contributed by atoms with van der Waals surface area (Å²) in [6.45, 7) is 4.99. The van der Waals surface area contributed by atoms with Crippen LogP contribution in [0.3, 0.4) is 0 Å². The zero-order chi connectivity index (χ0) is 22.8. The van der Waals surface area contributed by atoms with Crippen molar-refractivity contribution in [2.24, 2.45) is 0 Å². The van der Waals surface area contributed by atoms with E-state index in [-0.39, 0.29) is 6.04 Å². The van der Waals surface area contributed by atoms with E-state index in [1.54, 1.807) is 0 Å². The number of nitrogens with zero attached hydrogens (tertiary/aromatic N) is 2. The highest BCUT2D eigenvalue weighted by Crippen LogP contribution is 2.34. The predicted octanol–water partition coefficient (Wildman–Crippen LogP) is 5.01. The number of aliphatic carboxylic acids is 1. The summed E-state index contributed by atoms with van der Waals surface area (Å²) < 4.78 is 0. The number of carboxylic acids is 1. The monoisotopic (exact) mass is 439 g/mol. The first kappa shape index (κ1) is 21.4. The topological polar surface area (TPSA) is 59.6 Å². The Balaban J connectivity index is 1.42. The zero-order valence-corrected chi connectivity index (χ0v) is 18.8. The van der Waals surface area contributed by atoms with Gasteiger partial charge in [0.15, 0.2) is 0 Å². The molecule has 1 aliphatic heterocycles. The van der Waals surface area contributed by atoms with Crippen LogP contribution in [0.1, 0.15) is 34.5 Å². The van der Waals surface area contributed by atoms with Crippen LogP contribution in [0.15, 0.2) is 84.9 Å². The van der Waals surface area contributed by atoms with E-state index in [0.717, 1.165) is 35.2 Å². The lowest BCUT2D eigenvalue weighted by Gasteiger charge is -2.41. The summed E-state index contributed by atoms with van der Waals surface area (Å²) in [7, 11) is 0. The third-order valence-electron chi connectivity index (χ3n) is 6.76. The molecule has 0 aliphatic carbocycles. The van der Waals surface area contributed by atoms with Gasteiger partial charge in [-0.1, -0.05) is 78.9 Å². The van der Waals surface area contributed by atoms with Crippen molar-refractivity contribution in [3.8, 4) is 0 Å². The molecule has 5 heteroatoms. The number of carboxylic acid groups (broad SMARTS) is 1. The summed E-state index contributed by atoms with van der Waals surface area (Å²) in [6.07, 6.45) is 0. The van der Waals surface area contributed by atoms with Crippen molar-refractivity contribution in [3.63, 3.8) is 0 Å². The third-order valence-corrected chi connectivity index (χ3v) is 6.76. The molecule has 5 rings (SSSR count). The van der Waals surface area contributed by atoms with Gasteiger partial charge in [0.1, 0.15) is 6.04 Å². The second-order valence-electron chi connectivity index (χ2n) is 8.75. The van der Waals surface area contributed by atoms with Gasteiger partial charge in [0.05, 0.1) is 6.04 Å². The maximum absolute atomic E-state index is 12.5. The number of carbonyl (C=O) groups is 1. The number of H-pyrrole nitrogens is 1. The Hall–Kier alpha value is -3.41. The van der Waals surface area contributed by atoms with Crippen LogP contribution in [0.25, 0.3) is 10.9 Å². The number of aromatic amines is 1. The second-order valence-corrected chi connectivity index (χ2v) is 8.75. The number of benzene rings is 3. The van der Waals surface area contributed by atoms with Crippen molar-refractivity contribution in [1.29, 1.82) is 0 Å². The molecule has 0 amide bonds. The molecular formula is C28H29N3O2. The summed E-state index contributed by atoms with van der Waals surface area (Å²) >= 11 is 0. The van der Waals surface area contributed by atoms with Crippen LogP contribution in [-0.2, 0) is 4.79 Å². The Kier molecular flexibility index (Phi) is 5.99. The van der Waals surface area contributed by atoms with E-state index in [9.17, 15) is 9.90 Å². The van der Waals surface area contributed by atoms with Gasteiger partial charge in [-0.2, -0.15) is 0 Å². The minimum absolute atomic E-state index is 0.160. The molecule has 0 radical (unpaired) electrons. The molecule has 1 fully saturated rings. The van der Waals surface area contributed by atoms with E-state index < -0.39 is 12.0 Å². The van der Waals surface area contributed by atoms with E-state index in [2.05, 4.69) is 63.3 Å². The molecule has 5 nitrogen and oxygen atoms in total. The minimum Gasteiger partial charge on any atom is -0.480 e. The van der Waals surface area contributed by atoms with Crippen molar-refractivity contribution in [2.45, 2.75) is 19.0 Å². The number of rotatable bonds is 6. The van der Waals surface area contributed by atoms with Crippen molar-refractivity contribution in [1.82, 2.24) is 14.8 Å². The van der Waals surface area contributed by atoms with Gasteiger partial charge in [0.2, 0.25) is 0 Å². The van der Waals surface area contributed by atoms with E-state index in [0.29, 0.717) is 13.1 Å². The number of aromatic nitrogens is 1. The number of nitrogens with one attached hydrogen (secondary N) is 1. The number of piperazine rings is 1. The van der Waals surface area contributed by atoms with E-state index >= 15 is 0 Å². The Bertz CT molecular complexity index is 1190. The highest BCUT2D eigenvalue weighted by atomic mass is 16.4. The Morgan fingerprint density at radius 1 is 0.788 bits per heavy atom. The average Bonchev–Trinajstić information content (AvgIpc) is 3.17. The molecule has 1 aromatic heterocycles. The SMILES string of the molecule is Cc1[nH]c2ccccc2c1[C@@H](C(=O)O)N1CCN(C(c2ccccc2)c2ccccc2)CC1. The van der Waals surface area contributed by atoms with Gasteiger partial charge in [-0.25, -0.2) is 0 Å². The summed E-state index contributed by atoms with van der Waals surface area (Å²) in [5.74, 6) is -0.793. The molecule has 0 bridgehead atoms. The van der Waals surface area contributed by atoms with Crippen LogP contribution in [0, 0.1) is 6.92 Å². The lowest BCUT2D eigenvalue weighted by molar-refractivity contribution is -0.144. The Labute approximate surface area is 194 Å². The first-order valence-corrected chi connectivity index (χ1v) is 11.5. The van der Waals surface area contributed by atoms with Gasteiger partial charge < -0.3 is 10.1 Å². The van der Waals surface area contributed by atoms with Gasteiger partial charge in [0, 0.05) is 48.3 Å². The molecule has 1 atom stereocenters. The number of fused-ring (bicyclic) bond motifs is 1. The van der Waals surface area contributed by atoms with Crippen LogP contribution in [-0.4, -0.2) is 52.0 Å². The maximum Gasteiger partial charge on any atom is 0.325 e. The van der Waals surface area contributed by atoms with E-state index in [4.69, 9.17) is 0 Å². The molecule has 4 aromatic rings. The number of hydrogen-bond acceptors (Lipinski definition) is 3. The van der Waals surface area contributed by atoms with E-state index in [1.807, 2.05) is 43.3 Å². The van der Waals surface area contributed by atoms with Crippen molar-refractivity contribution in [3.05, 3.63) is 107 Å². The first-order chi connectivity index (χ1) is 16.1. The quantitative estimate of drug-likeness (QED) is 0.443. The van der Waals surface area contributed by atoms with Crippen LogP contribution >= 0.6 is 0 Å². The number of para-hydroxylation sites is 1. The maximum atomic E-state index is 12.5. The van der Waals surface area contributed by atoms with Crippen molar-refractivity contribution >= 4 is 16.9 Å². The molecule has 0 saturated carbocycles. The van der Waals surface area contributed by atoms with E-state index in [1.165, 1.54) is 11.1 Å². The second kappa shape index (κ2) is 9.22. The standard InChI is InChI=1S/C28H29N3O2/c1-20-25(23-14-8-9-15-24(23)29-20)27(28(32)33)31-18-16-30(17-19-31)26(21-10-4-2-5-11-21)22-12-6-3-7-13-22/h2-15,26-27,29H,16-19H2,1H3,(H,32,33)/t27-/m0/s1. The van der Waals surface area contributed by atoms with Crippen LogP contribution in [0.5, 0.6) is 0 Å². The predicted molar refractivity (Wildman–Crippen MR) is 131 cm³/mol. The lowest BCUT2D eigenvalue weighted by Crippen LogP contribution is -2.50. The van der Waals surface area contributed by atoms with Gasteiger partial charge in [-0.05, 0) is 24.1 Å². The average molecular weight is 440 g/mol. The molecule has 0 unspecified atom stereocenters. The molecule has 168 valence electrons. The van der Waals surface area contributed by atoms with Crippen LogP contribution in [0.4, 0.5) is 0 Å². The molecule has 0 spiro atoms. The summed E-state index contributed by atoms with van der Waals surface area (Å²) in [6, 6.07) is 28.6. The summed E-state index contributed by atoms with van der Waals surface area (Å²) in [5, 5.41) is 11.2. The molecule has 1 saturated heterocycles. The molecule has 1 aliphatic rings. The summed E-state index contributed by atoms with van der Waals surface area (Å²) in [4.78, 5) is 20.4. The normalized spacial score (nSPS) is 16.3. The summed E-state index contributed by atoms with van der Waals surface area (Å²) in [5.41, 5.74) is 5.33. The van der Waals surface area contributed by atoms with Gasteiger partial charge in [0.25, 0.3) is 0 Å². The van der Waals surface area contributed by atoms with Gasteiger partial charge in [-0.15, -0.1) is 0 Å². The fraction of sp³-hybridized carbons (Fsp3) is 0.250. The molecular weight excluding hydrogens is 410 g/mol. The minimum atomic E-state index is -0.793. The molecule has 3 aromatic carbocycles. The number of hydrogen-bond donors (Lipinski definition) is 2. The van der Waals surface area contributed by atoms with Crippen LogP contribution < -0.4 is 0 Å². The zero-order valence-electron chi connectivity index (χ0n) is 18.8. The molecule has 2 N–H and O–H groups in total. The molecule has 33 heavy (non-hydrogen) atoms. The third kappa shape index (κ3) is 4.17. The van der Waals surface area contributed by atoms with Gasteiger partial charge in [-0.3, -0.25) is 14.6 Å². The number of aryl methyl sites for hydroxylation is 1. The Morgan fingerprint density at radius 3 is 1.88 bits per heavy atom. The van der Waals surface area contributed by atoms with Crippen molar-refractivity contribution in [2.75, 3.05) is 26.2 Å². The smallest absolute Gasteiger partial charge is 0.325 e. The fourth-order valence-corrected chi connectivity index (χ4v) is 5.25. The van der Waals surface area contributed by atoms with Crippen LogP contribution in [0.2, 0.25) is 0 Å². The molecule has 2 heterocycles. The fourth-order valence-electron chi connectivity index (χ4n) is 5.25.